The van der Waals surface area contributed by atoms with Gasteiger partial charge in [-0.25, -0.2) is 4.79 Å². The Morgan fingerprint density at radius 2 is 1.88 bits per heavy atom. The Labute approximate surface area is 186 Å². The quantitative estimate of drug-likeness (QED) is 0.465. The molecule has 3 rings (SSSR count). The van der Waals surface area contributed by atoms with E-state index in [1.54, 1.807) is 50.7 Å². The first-order valence-electron chi connectivity index (χ1n) is 9.98. The number of anilines is 1. The van der Waals surface area contributed by atoms with Gasteiger partial charge in [0.25, 0.3) is 5.91 Å². The third-order valence-corrected chi connectivity index (χ3v) is 4.76. The summed E-state index contributed by atoms with van der Waals surface area (Å²) in [6.07, 6.45) is 1.63. The summed E-state index contributed by atoms with van der Waals surface area (Å²) in [6, 6.07) is 10.2. The van der Waals surface area contributed by atoms with Crippen molar-refractivity contribution < 1.29 is 23.8 Å². The Kier molecular flexibility index (Phi) is 7.45. The van der Waals surface area contributed by atoms with Crippen LogP contribution in [0.2, 0.25) is 0 Å². The molecule has 0 aliphatic rings. The molecular weight excluding hydrogens is 412 g/mol. The van der Waals surface area contributed by atoms with Crippen molar-refractivity contribution in [2.24, 2.45) is 0 Å². The molecule has 3 N–H and O–H groups in total. The number of pyridine rings is 1. The number of methoxy groups -OCH3 is 2. The van der Waals surface area contributed by atoms with Crippen LogP contribution in [0.3, 0.4) is 0 Å². The van der Waals surface area contributed by atoms with Crippen LogP contribution in [0.15, 0.2) is 42.6 Å². The van der Waals surface area contributed by atoms with Gasteiger partial charge in [0.2, 0.25) is 0 Å². The Morgan fingerprint density at radius 3 is 2.56 bits per heavy atom. The third-order valence-electron chi connectivity index (χ3n) is 4.76. The number of nitrogens with one attached hydrogen (secondary N) is 3. The molecule has 1 aromatic heterocycles. The molecule has 0 bridgehead atoms. The molecule has 0 fully saturated rings. The predicted molar refractivity (Wildman–Crippen MR) is 122 cm³/mol. The normalized spacial score (nSPS) is 10.5. The van der Waals surface area contributed by atoms with Gasteiger partial charge in [-0.2, -0.15) is 0 Å². The molecule has 0 radical (unpaired) electrons. The van der Waals surface area contributed by atoms with Crippen LogP contribution in [-0.2, 0) is 4.74 Å². The number of benzene rings is 2. The lowest BCUT2D eigenvalue weighted by atomic mass is 10.1. The van der Waals surface area contributed by atoms with Crippen molar-refractivity contribution >= 4 is 28.5 Å². The number of hydrogen-bond donors (Lipinski definition) is 3. The number of aromatic nitrogens is 1. The van der Waals surface area contributed by atoms with Crippen molar-refractivity contribution in [3.8, 4) is 17.2 Å². The number of nitrogens with zero attached hydrogens (tertiary/aromatic N) is 1. The fourth-order valence-corrected chi connectivity index (χ4v) is 3.10. The number of carbonyl (C=O) groups excluding carboxylic acids is 2. The van der Waals surface area contributed by atoms with Gasteiger partial charge in [-0.05, 0) is 42.8 Å². The average Bonchev–Trinajstić information content (AvgIpc) is 2.80. The zero-order chi connectivity index (χ0) is 23.1. The molecule has 9 heteroatoms. The van der Waals surface area contributed by atoms with E-state index in [1.807, 2.05) is 13.0 Å². The van der Waals surface area contributed by atoms with Crippen LogP contribution in [0.25, 0.3) is 10.9 Å². The number of amides is 3. The van der Waals surface area contributed by atoms with Crippen LogP contribution in [0.5, 0.6) is 17.2 Å². The van der Waals surface area contributed by atoms with Gasteiger partial charge in [0.05, 0.1) is 24.8 Å². The number of fused-ring (bicyclic) bond motifs is 1. The van der Waals surface area contributed by atoms with Crippen LogP contribution in [0.1, 0.15) is 15.9 Å². The van der Waals surface area contributed by atoms with Crippen molar-refractivity contribution in [2.75, 3.05) is 39.7 Å². The number of rotatable bonds is 8. The molecule has 0 spiro atoms. The largest absolute Gasteiger partial charge is 0.496 e. The van der Waals surface area contributed by atoms with Gasteiger partial charge in [0, 0.05) is 44.0 Å². The minimum absolute atomic E-state index is 0.281. The van der Waals surface area contributed by atoms with Crippen LogP contribution in [0.4, 0.5) is 10.5 Å². The van der Waals surface area contributed by atoms with Crippen molar-refractivity contribution in [1.29, 1.82) is 0 Å². The van der Waals surface area contributed by atoms with E-state index in [1.165, 1.54) is 7.11 Å². The van der Waals surface area contributed by atoms with E-state index in [9.17, 15) is 9.59 Å². The predicted octanol–water partition coefficient (Wildman–Crippen LogP) is 3.47. The second-order valence-corrected chi connectivity index (χ2v) is 6.91. The summed E-state index contributed by atoms with van der Waals surface area (Å²) in [5.74, 6) is 1.25. The minimum atomic E-state index is -0.299. The maximum Gasteiger partial charge on any atom is 0.318 e. The smallest absolute Gasteiger partial charge is 0.318 e. The highest BCUT2D eigenvalue weighted by molar-refractivity contribution is 6.02. The molecule has 0 unspecified atom stereocenters. The number of carbonyl (C=O) groups is 2. The molecule has 0 aliphatic heterocycles. The van der Waals surface area contributed by atoms with Gasteiger partial charge in [-0.1, -0.05) is 0 Å². The number of aryl methyl sites for hydroxylation is 1. The van der Waals surface area contributed by atoms with Crippen LogP contribution < -0.4 is 25.4 Å². The summed E-state index contributed by atoms with van der Waals surface area (Å²) >= 11 is 0. The molecule has 32 heavy (non-hydrogen) atoms. The second-order valence-electron chi connectivity index (χ2n) is 6.91. The van der Waals surface area contributed by atoms with E-state index in [2.05, 4.69) is 20.9 Å². The third kappa shape index (κ3) is 5.25. The molecule has 3 amide bonds. The molecule has 9 nitrogen and oxygen atoms in total. The summed E-state index contributed by atoms with van der Waals surface area (Å²) in [5.41, 5.74) is 2.51. The second kappa shape index (κ2) is 10.5. The van der Waals surface area contributed by atoms with E-state index in [-0.39, 0.29) is 11.9 Å². The number of urea groups is 1. The monoisotopic (exact) mass is 438 g/mol. The molecule has 1 heterocycles. The van der Waals surface area contributed by atoms with Crippen LogP contribution >= 0.6 is 0 Å². The van der Waals surface area contributed by atoms with E-state index >= 15 is 0 Å². The number of hydrogen-bond acceptors (Lipinski definition) is 6. The lowest BCUT2D eigenvalue weighted by molar-refractivity contribution is 0.0934. The molecular formula is C23H26N4O5. The van der Waals surface area contributed by atoms with Crippen LogP contribution in [0, 0.1) is 6.92 Å². The first-order chi connectivity index (χ1) is 15.5. The molecule has 3 aromatic rings. The topological polar surface area (TPSA) is 111 Å². The van der Waals surface area contributed by atoms with Crippen molar-refractivity contribution in [1.82, 2.24) is 15.6 Å². The molecule has 168 valence electrons. The van der Waals surface area contributed by atoms with E-state index in [0.29, 0.717) is 52.6 Å². The summed E-state index contributed by atoms with van der Waals surface area (Å²) < 4.78 is 16.5. The zero-order valence-corrected chi connectivity index (χ0v) is 18.4. The Balaban J connectivity index is 1.93. The van der Waals surface area contributed by atoms with E-state index in [4.69, 9.17) is 14.2 Å². The lowest BCUT2D eigenvalue weighted by Gasteiger charge is -2.14. The first-order valence-corrected chi connectivity index (χ1v) is 9.98. The van der Waals surface area contributed by atoms with Crippen molar-refractivity contribution in [3.63, 3.8) is 0 Å². The van der Waals surface area contributed by atoms with Gasteiger partial charge in [-0.3, -0.25) is 9.78 Å². The molecule has 0 aliphatic carbocycles. The highest BCUT2D eigenvalue weighted by Gasteiger charge is 2.16. The van der Waals surface area contributed by atoms with Crippen LogP contribution in [-0.4, -0.2) is 51.3 Å². The summed E-state index contributed by atoms with van der Waals surface area (Å²) in [5, 5.41) is 8.73. The highest BCUT2D eigenvalue weighted by atomic mass is 16.5. The van der Waals surface area contributed by atoms with Crippen molar-refractivity contribution in [3.05, 3.63) is 53.7 Å². The summed E-state index contributed by atoms with van der Waals surface area (Å²) in [7, 11) is 4.63. The Bertz CT molecular complexity index is 1130. The molecule has 0 atom stereocenters. The van der Waals surface area contributed by atoms with E-state index < -0.39 is 0 Å². The maximum atomic E-state index is 12.7. The fraction of sp³-hybridized carbons (Fsp3) is 0.261. The standard InChI is InChI=1S/C23H26N4O5/c1-14-11-15(5-6-18(14)27-23(29)24-2)32-20-7-8-25-19-13-21(31-4)17(12-16(19)20)22(28)26-9-10-30-3/h5-8,11-13H,9-10H2,1-4H3,(H,26,28)(H2,24,27,29). The van der Waals surface area contributed by atoms with Gasteiger partial charge < -0.3 is 30.2 Å². The molecule has 0 saturated heterocycles. The molecule has 0 saturated carbocycles. The van der Waals surface area contributed by atoms with Gasteiger partial charge in [0.1, 0.15) is 17.2 Å². The van der Waals surface area contributed by atoms with Gasteiger partial charge in [-0.15, -0.1) is 0 Å². The maximum absolute atomic E-state index is 12.7. The Morgan fingerprint density at radius 1 is 1.06 bits per heavy atom. The van der Waals surface area contributed by atoms with Gasteiger partial charge in [0.15, 0.2) is 0 Å². The minimum Gasteiger partial charge on any atom is -0.496 e. The van der Waals surface area contributed by atoms with E-state index in [0.717, 1.165) is 5.56 Å². The van der Waals surface area contributed by atoms with Crippen molar-refractivity contribution in [2.45, 2.75) is 6.92 Å². The fourth-order valence-electron chi connectivity index (χ4n) is 3.10. The zero-order valence-electron chi connectivity index (χ0n) is 18.4. The summed E-state index contributed by atoms with van der Waals surface area (Å²) in [4.78, 5) is 28.6. The first kappa shape index (κ1) is 22.8. The lowest BCUT2D eigenvalue weighted by Crippen LogP contribution is -2.27. The summed E-state index contributed by atoms with van der Waals surface area (Å²) in [6.45, 7) is 2.65. The Hall–Kier alpha value is -3.85. The SMILES string of the molecule is CNC(=O)Nc1ccc(Oc2ccnc3cc(OC)c(C(=O)NCCOC)cc23)cc1C. The number of ether oxygens (including phenoxy) is 3. The average molecular weight is 438 g/mol. The van der Waals surface area contributed by atoms with Gasteiger partial charge >= 0.3 is 6.03 Å². The highest BCUT2D eigenvalue weighted by Crippen LogP contribution is 2.34. The molecule has 2 aromatic carbocycles.